The number of hydrogen-bond acceptors (Lipinski definition) is 1. The summed E-state index contributed by atoms with van der Waals surface area (Å²) >= 11 is 0. The molecule has 0 amide bonds. The van der Waals surface area contributed by atoms with Crippen LogP contribution >= 0.6 is 0 Å². The molecule has 0 aliphatic heterocycles. The molecule has 0 saturated carbocycles. The Hall–Kier alpha value is -7.94. The van der Waals surface area contributed by atoms with Crippen molar-refractivity contribution in [1.82, 2.24) is 4.57 Å². The van der Waals surface area contributed by atoms with Crippen LogP contribution in [0, 0.1) is 0 Å². The summed E-state index contributed by atoms with van der Waals surface area (Å²) in [4.78, 5) is 2.53. The molecule has 0 radical (unpaired) electrons. The Morgan fingerprint density at radius 2 is 0.733 bits per heavy atom. The minimum Gasteiger partial charge on any atom is -0.309 e. The topological polar surface area (TPSA) is 8.17 Å². The average Bonchev–Trinajstić information content (AvgIpc) is 3.84. The molecule has 60 heavy (non-hydrogen) atoms. The average molecular weight is 763 g/mol. The van der Waals surface area contributed by atoms with E-state index in [0.29, 0.717) is 0 Å². The van der Waals surface area contributed by atoms with E-state index in [0.717, 1.165) is 33.8 Å². The third-order valence-corrected chi connectivity index (χ3v) is 12.4. The second kappa shape index (κ2) is 13.9. The Labute approximate surface area is 349 Å². The van der Waals surface area contributed by atoms with Crippen molar-refractivity contribution < 1.29 is 0 Å². The molecule has 11 aromatic rings. The van der Waals surface area contributed by atoms with Gasteiger partial charge < -0.3 is 9.47 Å². The predicted octanol–water partition coefficient (Wildman–Crippen LogP) is 16.1. The van der Waals surface area contributed by atoms with Gasteiger partial charge in [0.1, 0.15) is 0 Å². The molecule has 280 valence electrons. The molecule has 10 aromatic carbocycles. The lowest BCUT2D eigenvalue weighted by atomic mass is 9.93. The number of hydrogen-bond donors (Lipinski definition) is 0. The van der Waals surface area contributed by atoms with Gasteiger partial charge in [0.05, 0.1) is 33.8 Å². The van der Waals surface area contributed by atoms with Crippen molar-refractivity contribution in [2.45, 2.75) is 0 Å². The summed E-state index contributed by atoms with van der Waals surface area (Å²) in [6.07, 6.45) is 0. The van der Waals surface area contributed by atoms with E-state index in [2.05, 4.69) is 240 Å². The minimum atomic E-state index is 1.13. The van der Waals surface area contributed by atoms with Crippen molar-refractivity contribution in [3.63, 3.8) is 0 Å². The number of rotatable bonds is 7. The van der Waals surface area contributed by atoms with Crippen LogP contribution in [0.4, 0.5) is 17.1 Å². The molecule has 0 N–H and O–H groups in total. The monoisotopic (exact) mass is 762 g/mol. The first kappa shape index (κ1) is 34.1. The highest BCUT2D eigenvalue weighted by Gasteiger charge is 2.28. The lowest BCUT2D eigenvalue weighted by Gasteiger charge is -2.30. The number of nitrogens with zero attached hydrogens (tertiary/aromatic N) is 2. The van der Waals surface area contributed by atoms with Gasteiger partial charge in [0.25, 0.3) is 0 Å². The van der Waals surface area contributed by atoms with Gasteiger partial charge in [-0.3, -0.25) is 0 Å². The standard InChI is InChI=1S/C58H38N2/c1-3-19-39(20-4-1)41-23-7-8-25-43(41)46-28-12-15-33-52(46)60-53-34-16-13-29-50(53)58-55(35-18-36-56(58)60)59(51-32-14-11-24-42(51)40-21-5-2-6-22-40)54-38-37-48-45-27-10-9-26-44(45)47-30-17-31-49(54)57(47)48/h1-38H. The molecule has 0 bridgehead atoms. The van der Waals surface area contributed by atoms with Crippen molar-refractivity contribution in [3.05, 3.63) is 231 Å². The number of para-hydroxylation sites is 3. The lowest BCUT2D eigenvalue weighted by molar-refractivity contribution is 1.18. The van der Waals surface area contributed by atoms with Gasteiger partial charge in [0.15, 0.2) is 0 Å². The summed E-state index contributed by atoms with van der Waals surface area (Å²) in [5.74, 6) is 0. The summed E-state index contributed by atoms with van der Waals surface area (Å²) in [5.41, 5.74) is 19.2. The van der Waals surface area contributed by atoms with Crippen LogP contribution in [0.25, 0.3) is 93.9 Å². The summed E-state index contributed by atoms with van der Waals surface area (Å²) in [6, 6.07) is 84.2. The third-order valence-electron chi connectivity index (χ3n) is 12.4. The van der Waals surface area contributed by atoms with Crippen LogP contribution in [0.5, 0.6) is 0 Å². The van der Waals surface area contributed by atoms with Gasteiger partial charge >= 0.3 is 0 Å². The number of benzene rings is 10. The SMILES string of the molecule is c1ccc(-c2ccccc2-c2ccccc2-n2c3ccccc3c3c(N(c4ccccc4-c4ccccc4)c4ccc5c6c(cccc46)-c4ccccc4-5)cccc32)cc1. The number of aromatic nitrogens is 1. The van der Waals surface area contributed by atoms with E-state index in [-0.39, 0.29) is 0 Å². The van der Waals surface area contributed by atoms with Gasteiger partial charge in [-0.2, -0.15) is 0 Å². The van der Waals surface area contributed by atoms with Gasteiger partial charge in [-0.05, 0) is 86.3 Å². The van der Waals surface area contributed by atoms with Crippen molar-refractivity contribution in [3.8, 4) is 61.3 Å². The molecule has 0 atom stereocenters. The van der Waals surface area contributed by atoms with E-state index < -0.39 is 0 Å². The van der Waals surface area contributed by atoms with Gasteiger partial charge in [0.2, 0.25) is 0 Å². The highest BCUT2D eigenvalue weighted by atomic mass is 15.2. The first-order valence-electron chi connectivity index (χ1n) is 20.7. The molecule has 1 aliphatic carbocycles. The molecule has 0 unspecified atom stereocenters. The summed E-state index contributed by atoms with van der Waals surface area (Å²) in [5, 5.41) is 4.94. The second-order valence-electron chi connectivity index (χ2n) is 15.6. The molecule has 2 nitrogen and oxygen atoms in total. The highest BCUT2D eigenvalue weighted by molar-refractivity contribution is 6.22. The number of fused-ring (bicyclic) bond motifs is 6. The van der Waals surface area contributed by atoms with Crippen LogP contribution in [0.3, 0.4) is 0 Å². The Morgan fingerprint density at radius 3 is 1.48 bits per heavy atom. The van der Waals surface area contributed by atoms with Gasteiger partial charge in [0, 0.05) is 27.3 Å². The Morgan fingerprint density at radius 1 is 0.250 bits per heavy atom. The maximum absolute atomic E-state index is 2.53. The van der Waals surface area contributed by atoms with Crippen LogP contribution in [-0.4, -0.2) is 4.57 Å². The molecule has 0 fully saturated rings. The van der Waals surface area contributed by atoms with Crippen LogP contribution in [-0.2, 0) is 0 Å². The summed E-state index contributed by atoms with van der Waals surface area (Å²) in [7, 11) is 0. The Kier molecular flexibility index (Phi) is 7.89. The summed E-state index contributed by atoms with van der Waals surface area (Å²) < 4.78 is 2.48. The van der Waals surface area contributed by atoms with Crippen molar-refractivity contribution in [2.24, 2.45) is 0 Å². The van der Waals surface area contributed by atoms with Gasteiger partial charge in [-0.25, -0.2) is 0 Å². The van der Waals surface area contributed by atoms with E-state index in [9.17, 15) is 0 Å². The highest BCUT2D eigenvalue weighted by Crippen LogP contribution is 2.53. The first-order valence-corrected chi connectivity index (χ1v) is 20.7. The van der Waals surface area contributed by atoms with Crippen LogP contribution in [0.15, 0.2) is 231 Å². The Balaban J connectivity index is 1.16. The zero-order valence-electron chi connectivity index (χ0n) is 32.8. The van der Waals surface area contributed by atoms with E-state index in [4.69, 9.17) is 0 Å². The van der Waals surface area contributed by atoms with E-state index in [1.165, 1.54) is 77.2 Å². The fourth-order valence-corrected chi connectivity index (χ4v) is 9.84. The normalized spacial score (nSPS) is 11.7. The molecular weight excluding hydrogens is 725 g/mol. The second-order valence-corrected chi connectivity index (χ2v) is 15.6. The van der Waals surface area contributed by atoms with E-state index >= 15 is 0 Å². The van der Waals surface area contributed by atoms with Gasteiger partial charge in [-0.1, -0.05) is 194 Å². The first-order chi connectivity index (χ1) is 29.8. The maximum atomic E-state index is 2.53. The van der Waals surface area contributed by atoms with Crippen molar-refractivity contribution in [2.75, 3.05) is 4.90 Å². The van der Waals surface area contributed by atoms with Crippen LogP contribution in [0.2, 0.25) is 0 Å². The smallest absolute Gasteiger partial charge is 0.0562 e. The van der Waals surface area contributed by atoms with E-state index in [1.54, 1.807) is 0 Å². The minimum absolute atomic E-state index is 1.13. The quantitative estimate of drug-likeness (QED) is 0.157. The predicted molar refractivity (Wildman–Crippen MR) is 254 cm³/mol. The fraction of sp³-hybridized carbons (Fsp3) is 0. The molecule has 2 heteroatoms. The molecular formula is C58H38N2. The molecule has 1 heterocycles. The van der Waals surface area contributed by atoms with Gasteiger partial charge in [-0.15, -0.1) is 0 Å². The zero-order valence-corrected chi connectivity index (χ0v) is 32.8. The van der Waals surface area contributed by atoms with Crippen molar-refractivity contribution in [1.29, 1.82) is 0 Å². The summed E-state index contributed by atoms with van der Waals surface area (Å²) in [6.45, 7) is 0. The zero-order chi connectivity index (χ0) is 39.6. The van der Waals surface area contributed by atoms with E-state index in [1.807, 2.05) is 0 Å². The maximum Gasteiger partial charge on any atom is 0.0562 e. The van der Waals surface area contributed by atoms with Crippen LogP contribution in [0.1, 0.15) is 0 Å². The fourth-order valence-electron chi connectivity index (χ4n) is 9.84. The largest absolute Gasteiger partial charge is 0.309 e. The Bertz CT molecular complexity index is 3400. The third kappa shape index (κ3) is 5.21. The molecule has 12 rings (SSSR count). The molecule has 0 saturated heterocycles. The molecule has 0 spiro atoms. The van der Waals surface area contributed by atoms with Crippen molar-refractivity contribution >= 4 is 49.6 Å². The number of anilines is 3. The van der Waals surface area contributed by atoms with Crippen LogP contribution < -0.4 is 4.90 Å². The molecule has 1 aromatic heterocycles. The molecule has 1 aliphatic rings. The lowest BCUT2D eigenvalue weighted by Crippen LogP contribution is -2.12.